The Bertz CT molecular complexity index is 720. The van der Waals surface area contributed by atoms with Crippen LogP contribution in [0.2, 0.25) is 0 Å². The third kappa shape index (κ3) is 2.64. The van der Waals surface area contributed by atoms with Crippen LogP contribution < -0.4 is 10.1 Å². The summed E-state index contributed by atoms with van der Waals surface area (Å²) in [6.07, 6.45) is 0. The van der Waals surface area contributed by atoms with Crippen molar-refractivity contribution < 1.29 is 14.8 Å². The molecule has 1 aliphatic heterocycles. The molecule has 2 aromatic carbocycles. The van der Waals surface area contributed by atoms with E-state index < -0.39 is 4.92 Å². The van der Waals surface area contributed by atoms with Gasteiger partial charge < -0.3 is 15.2 Å². The monoisotopic (exact) mass is 350 g/mol. The van der Waals surface area contributed by atoms with E-state index >= 15 is 0 Å². The van der Waals surface area contributed by atoms with Crippen molar-refractivity contribution in [3.63, 3.8) is 0 Å². The maximum absolute atomic E-state index is 11.1. The Morgan fingerprint density at radius 3 is 2.90 bits per heavy atom. The van der Waals surface area contributed by atoms with E-state index in [2.05, 4.69) is 21.2 Å². The van der Waals surface area contributed by atoms with Crippen LogP contribution >= 0.6 is 15.9 Å². The lowest BCUT2D eigenvalue weighted by Crippen LogP contribution is -2.13. The molecule has 0 spiro atoms. The van der Waals surface area contributed by atoms with E-state index in [-0.39, 0.29) is 17.5 Å². The Kier molecular flexibility index (Phi) is 3.42. The topological polar surface area (TPSA) is 84.6 Å². The molecule has 6 nitrogen and oxygen atoms in total. The predicted octanol–water partition coefficient (Wildman–Crippen LogP) is 3.61. The SMILES string of the molecule is O=[N+]([O-])c1cc(Br)ccc1NC1COc2cc(O)ccc21. The van der Waals surface area contributed by atoms with Crippen molar-refractivity contribution >= 4 is 27.3 Å². The molecule has 7 heteroatoms. The molecule has 1 heterocycles. The number of ether oxygens (including phenoxy) is 1. The quantitative estimate of drug-likeness (QED) is 0.652. The van der Waals surface area contributed by atoms with Gasteiger partial charge in [0.05, 0.1) is 11.0 Å². The van der Waals surface area contributed by atoms with Crippen molar-refractivity contribution in [2.45, 2.75) is 6.04 Å². The van der Waals surface area contributed by atoms with Crippen LogP contribution in [-0.2, 0) is 0 Å². The lowest BCUT2D eigenvalue weighted by molar-refractivity contribution is -0.384. The molecular weight excluding hydrogens is 340 g/mol. The van der Waals surface area contributed by atoms with E-state index in [0.29, 0.717) is 22.5 Å². The number of nitrogens with one attached hydrogen (secondary N) is 1. The largest absolute Gasteiger partial charge is 0.508 e. The second-order valence-electron chi connectivity index (χ2n) is 4.65. The maximum atomic E-state index is 11.1. The highest BCUT2D eigenvalue weighted by Crippen LogP contribution is 2.38. The van der Waals surface area contributed by atoms with Crippen LogP contribution in [0.5, 0.6) is 11.5 Å². The molecule has 1 atom stereocenters. The number of rotatable bonds is 3. The number of benzene rings is 2. The van der Waals surface area contributed by atoms with Gasteiger partial charge in [0, 0.05) is 22.2 Å². The fourth-order valence-corrected chi connectivity index (χ4v) is 2.63. The molecule has 0 fully saturated rings. The molecular formula is C14H11BrN2O4. The van der Waals surface area contributed by atoms with Gasteiger partial charge in [0.2, 0.25) is 0 Å². The Labute approximate surface area is 128 Å². The van der Waals surface area contributed by atoms with Gasteiger partial charge in [-0.15, -0.1) is 0 Å². The summed E-state index contributed by atoms with van der Waals surface area (Å²) in [5.41, 5.74) is 1.29. The lowest BCUT2D eigenvalue weighted by atomic mass is 10.1. The van der Waals surface area contributed by atoms with E-state index in [1.54, 1.807) is 24.3 Å². The zero-order chi connectivity index (χ0) is 15.0. The normalized spacial score (nSPS) is 16.1. The highest BCUT2D eigenvalue weighted by molar-refractivity contribution is 9.10. The molecule has 3 rings (SSSR count). The van der Waals surface area contributed by atoms with Crippen LogP contribution in [0.25, 0.3) is 0 Å². The number of nitrogens with zero attached hydrogens (tertiary/aromatic N) is 1. The fourth-order valence-electron chi connectivity index (χ4n) is 2.28. The van der Waals surface area contributed by atoms with Crippen LogP contribution in [0.15, 0.2) is 40.9 Å². The lowest BCUT2D eigenvalue weighted by Gasteiger charge is -2.13. The summed E-state index contributed by atoms with van der Waals surface area (Å²) in [7, 11) is 0. The Morgan fingerprint density at radius 2 is 2.14 bits per heavy atom. The number of phenols is 1. The van der Waals surface area contributed by atoms with Crippen molar-refractivity contribution in [2.24, 2.45) is 0 Å². The molecule has 108 valence electrons. The van der Waals surface area contributed by atoms with Crippen molar-refractivity contribution in [3.8, 4) is 11.5 Å². The second-order valence-corrected chi connectivity index (χ2v) is 5.56. The van der Waals surface area contributed by atoms with Crippen LogP contribution in [0.3, 0.4) is 0 Å². The van der Waals surface area contributed by atoms with E-state index in [9.17, 15) is 15.2 Å². The number of anilines is 1. The van der Waals surface area contributed by atoms with Gasteiger partial charge in [0.25, 0.3) is 5.69 Å². The Balaban J connectivity index is 1.91. The fraction of sp³-hybridized carbons (Fsp3) is 0.143. The number of fused-ring (bicyclic) bond motifs is 1. The summed E-state index contributed by atoms with van der Waals surface area (Å²) < 4.78 is 6.13. The standard InChI is InChI=1S/C14H11BrN2O4/c15-8-1-4-11(13(5-8)17(19)20)16-12-7-21-14-6-9(18)2-3-10(12)14/h1-6,12,16,18H,7H2. The minimum atomic E-state index is -0.430. The first-order chi connectivity index (χ1) is 10.0. The van der Waals surface area contributed by atoms with Crippen LogP contribution in [0, 0.1) is 10.1 Å². The summed E-state index contributed by atoms with van der Waals surface area (Å²) >= 11 is 3.23. The first-order valence-corrected chi connectivity index (χ1v) is 7.00. The van der Waals surface area contributed by atoms with Crippen LogP contribution in [0.1, 0.15) is 11.6 Å². The molecule has 0 radical (unpaired) electrons. The average molecular weight is 351 g/mol. The van der Waals surface area contributed by atoms with Gasteiger partial charge >= 0.3 is 0 Å². The molecule has 1 unspecified atom stereocenters. The van der Waals surface area contributed by atoms with Gasteiger partial charge in [-0.25, -0.2) is 0 Å². The predicted molar refractivity (Wildman–Crippen MR) is 80.8 cm³/mol. The number of nitro groups is 1. The second kappa shape index (κ2) is 5.25. The summed E-state index contributed by atoms with van der Waals surface area (Å²) in [4.78, 5) is 10.7. The molecule has 0 saturated heterocycles. The minimum Gasteiger partial charge on any atom is -0.508 e. The van der Waals surface area contributed by atoms with E-state index in [4.69, 9.17) is 4.74 Å². The number of hydrogen-bond acceptors (Lipinski definition) is 5. The van der Waals surface area contributed by atoms with Gasteiger partial charge in [0.1, 0.15) is 23.8 Å². The molecule has 0 saturated carbocycles. The number of nitro benzene ring substituents is 1. The Morgan fingerprint density at radius 1 is 1.33 bits per heavy atom. The molecule has 1 aliphatic rings. The molecule has 21 heavy (non-hydrogen) atoms. The van der Waals surface area contributed by atoms with Crippen molar-refractivity contribution in [3.05, 3.63) is 56.5 Å². The van der Waals surface area contributed by atoms with E-state index in [0.717, 1.165) is 5.56 Å². The molecule has 0 aromatic heterocycles. The minimum absolute atomic E-state index is 0.00315. The smallest absolute Gasteiger partial charge is 0.293 e. The zero-order valence-electron chi connectivity index (χ0n) is 10.7. The third-order valence-corrected chi connectivity index (χ3v) is 3.76. The first-order valence-electron chi connectivity index (χ1n) is 6.21. The number of aromatic hydroxyl groups is 1. The average Bonchev–Trinajstić information content (AvgIpc) is 2.82. The summed E-state index contributed by atoms with van der Waals surface area (Å²) in [6, 6.07) is 9.50. The number of hydrogen-bond donors (Lipinski definition) is 2. The van der Waals surface area contributed by atoms with Gasteiger partial charge in [0.15, 0.2) is 0 Å². The first kappa shape index (κ1) is 13.7. The van der Waals surface area contributed by atoms with Crippen molar-refractivity contribution in [1.82, 2.24) is 0 Å². The highest BCUT2D eigenvalue weighted by Gasteiger charge is 2.26. The molecule has 2 N–H and O–H groups in total. The summed E-state index contributed by atoms with van der Waals surface area (Å²) in [6.45, 7) is 0.353. The Hall–Kier alpha value is -2.28. The van der Waals surface area contributed by atoms with Gasteiger partial charge in [-0.2, -0.15) is 0 Å². The molecule has 0 amide bonds. The third-order valence-electron chi connectivity index (χ3n) is 3.26. The summed E-state index contributed by atoms with van der Waals surface area (Å²) in [5.74, 6) is 0.719. The van der Waals surface area contributed by atoms with Crippen LogP contribution in [0.4, 0.5) is 11.4 Å². The summed E-state index contributed by atoms with van der Waals surface area (Å²) in [5, 5.41) is 23.7. The van der Waals surface area contributed by atoms with Crippen LogP contribution in [-0.4, -0.2) is 16.6 Å². The van der Waals surface area contributed by atoms with Gasteiger partial charge in [-0.05, 0) is 24.3 Å². The zero-order valence-corrected chi connectivity index (χ0v) is 12.3. The number of phenolic OH excluding ortho intramolecular Hbond substituents is 1. The number of halogens is 1. The molecule has 0 bridgehead atoms. The molecule has 0 aliphatic carbocycles. The highest BCUT2D eigenvalue weighted by atomic mass is 79.9. The van der Waals surface area contributed by atoms with Crippen molar-refractivity contribution in [1.29, 1.82) is 0 Å². The van der Waals surface area contributed by atoms with Gasteiger partial charge in [-0.3, -0.25) is 10.1 Å². The van der Waals surface area contributed by atoms with Gasteiger partial charge in [-0.1, -0.05) is 15.9 Å². The molecule has 2 aromatic rings. The van der Waals surface area contributed by atoms with E-state index in [1.807, 2.05) is 0 Å². The van der Waals surface area contributed by atoms with E-state index in [1.165, 1.54) is 12.1 Å². The maximum Gasteiger partial charge on any atom is 0.293 e. The van der Waals surface area contributed by atoms with Crippen molar-refractivity contribution in [2.75, 3.05) is 11.9 Å².